The average molecular weight is 256 g/mol. The smallest absolute Gasteiger partial charge is 0.163 e. The molecule has 0 aromatic heterocycles. The van der Waals surface area contributed by atoms with Gasteiger partial charge in [-0.3, -0.25) is 4.79 Å². The molecule has 2 aromatic rings. The van der Waals surface area contributed by atoms with Crippen molar-refractivity contribution in [1.82, 2.24) is 0 Å². The van der Waals surface area contributed by atoms with Crippen LogP contribution >= 0.6 is 0 Å². The number of fused-ring (bicyclic) bond motifs is 1. The number of methoxy groups -OCH3 is 1. The van der Waals surface area contributed by atoms with Crippen molar-refractivity contribution in [3.8, 4) is 0 Å². The van der Waals surface area contributed by atoms with Gasteiger partial charge in [-0.2, -0.15) is 0 Å². The summed E-state index contributed by atoms with van der Waals surface area (Å²) in [4.78, 5) is 12.2. The fraction of sp³-hybridized carbons (Fsp3) is 0.353. The molecule has 2 aromatic carbocycles. The molecule has 0 aliphatic carbocycles. The van der Waals surface area contributed by atoms with E-state index in [-0.39, 0.29) is 11.4 Å². The third kappa shape index (κ3) is 3.42. The minimum absolute atomic E-state index is 0.177. The van der Waals surface area contributed by atoms with E-state index >= 15 is 0 Å². The summed E-state index contributed by atoms with van der Waals surface area (Å²) in [6.07, 6.45) is 1.24. The second-order valence-corrected chi connectivity index (χ2v) is 5.45. The van der Waals surface area contributed by atoms with Gasteiger partial charge in [0.15, 0.2) is 5.78 Å². The molecule has 0 aliphatic rings. The molecule has 0 saturated carbocycles. The van der Waals surface area contributed by atoms with E-state index in [2.05, 4.69) is 6.07 Å². The summed E-state index contributed by atoms with van der Waals surface area (Å²) < 4.78 is 5.34. The Hall–Kier alpha value is -1.67. The molecule has 100 valence electrons. The highest BCUT2D eigenvalue weighted by molar-refractivity contribution is 5.99. The van der Waals surface area contributed by atoms with Gasteiger partial charge in [0.2, 0.25) is 0 Å². The number of Topliss-reactive ketones (excluding diaryl/α,β-unsaturated/α-hetero) is 1. The summed E-state index contributed by atoms with van der Waals surface area (Å²) in [5.41, 5.74) is 0.539. The Bertz CT molecular complexity index is 585. The third-order valence-corrected chi connectivity index (χ3v) is 3.58. The highest BCUT2D eigenvalue weighted by Crippen LogP contribution is 2.20. The van der Waals surface area contributed by atoms with Gasteiger partial charge in [-0.1, -0.05) is 36.4 Å². The molecule has 0 bridgehead atoms. The number of carbonyl (C=O) groups is 1. The maximum absolute atomic E-state index is 12.2. The Labute approximate surface area is 114 Å². The first-order valence-corrected chi connectivity index (χ1v) is 6.59. The van der Waals surface area contributed by atoms with Crippen LogP contribution in [0.4, 0.5) is 0 Å². The van der Waals surface area contributed by atoms with E-state index in [1.54, 1.807) is 7.11 Å². The SMILES string of the molecule is COC(C)(C)CCC(=O)c1ccc2ccccc2c1. The number of ether oxygens (including phenoxy) is 1. The lowest BCUT2D eigenvalue weighted by molar-refractivity contribution is 0.0141. The minimum Gasteiger partial charge on any atom is -0.379 e. The summed E-state index contributed by atoms with van der Waals surface area (Å²) >= 11 is 0. The van der Waals surface area contributed by atoms with Crippen molar-refractivity contribution in [2.45, 2.75) is 32.3 Å². The van der Waals surface area contributed by atoms with Gasteiger partial charge in [0.25, 0.3) is 0 Å². The number of carbonyl (C=O) groups excluding carboxylic acids is 1. The molecule has 0 fully saturated rings. The number of ketones is 1. The van der Waals surface area contributed by atoms with Gasteiger partial charge in [0.1, 0.15) is 0 Å². The Balaban J connectivity index is 2.13. The topological polar surface area (TPSA) is 26.3 Å². The van der Waals surface area contributed by atoms with E-state index < -0.39 is 0 Å². The van der Waals surface area contributed by atoms with Crippen LogP contribution in [0.3, 0.4) is 0 Å². The molecule has 0 spiro atoms. The first-order chi connectivity index (χ1) is 9.02. The van der Waals surface area contributed by atoms with Crippen molar-refractivity contribution in [1.29, 1.82) is 0 Å². The lowest BCUT2D eigenvalue weighted by Gasteiger charge is -2.22. The Morgan fingerprint density at radius 3 is 2.47 bits per heavy atom. The summed E-state index contributed by atoms with van der Waals surface area (Å²) in [5, 5.41) is 2.27. The number of hydrogen-bond donors (Lipinski definition) is 0. The zero-order chi connectivity index (χ0) is 13.9. The zero-order valence-electron chi connectivity index (χ0n) is 11.8. The maximum atomic E-state index is 12.2. The van der Waals surface area contributed by atoms with Crippen molar-refractivity contribution >= 4 is 16.6 Å². The summed E-state index contributed by atoms with van der Waals surface area (Å²) in [6.45, 7) is 4.00. The Morgan fingerprint density at radius 1 is 1.11 bits per heavy atom. The highest BCUT2D eigenvalue weighted by atomic mass is 16.5. The van der Waals surface area contributed by atoms with E-state index in [0.717, 1.165) is 22.8 Å². The van der Waals surface area contributed by atoms with Crippen molar-refractivity contribution in [2.75, 3.05) is 7.11 Å². The van der Waals surface area contributed by atoms with Gasteiger partial charge in [-0.05, 0) is 37.1 Å². The van der Waals surface area contributed by atoms with E-state index in [0.29, 0.717) is 6.42 Å². The number of hydrogen-bond acceptors (Lipinski definition) is 2. The van der Waals surface area contributed by atoms with Gasteiger partial charge < -0.3 is 4.74 Å². The predicted molar refractivity (Wildman–Crippen MR) is 78.6 cm³/mol. The van der Waals surface area contributed by atoms with Crippen molar-refractivity contribution < 1.29 is 9.53 Å². The van der Waals surface area contributed by atoms with Gasteiger partial charge in [0, 0.05) is 19.1 Å². The molecule has 2 rings (SSSR count). The maximum Gasteiger partial charge on any atom is 0.163 e. The van der Waals surface area contributed by atoms with Crippen molar-refractivity contribution in [3.05, 3.63) is 48.0 Å². The second-order valence-electron chi connectivity index (χ2n) is 5.45. The van der Waals surface area contributed by atoms with Crippen LogP contribution in [0.2, 0.25) is 0 Å². The fourth-order valence-corrected chi connectivity index (χ4v) is 2.02. The number of rotatable bonds is 5. The van der Waals surface area contributed by atoms with E-state index in [9.17, 15) is 4.79 Å². The van der Waals surface area contributed by atoms with Crippen LogP contribution < -0.4 is 0 Å². The molecule has 0 saturated heterocycles. The van der Waals surface area contributed by atoms with Crippen LogP contribution in [0.25, 0.3) is 10.8 Å². The zero-order valence-corrected chi connectivity index (χ0v) is 11.8. The summed E-state index contributed by atoms with van der Waals surface area (Å²) in [7, 11) is 1.68. The molecule has 0 aliphatic heterocycles. The fourth-order valence-electron chi connectivity index (χ4n) is 2.02. The monoisotopic (exact) mass is 256 g/mol. The van der Waals surface area contributed by atoms with Crippen LogP contribution in [0.15, 0.2) is 42.5 Å². The molecular weight excluding hydrogens is 236 g/mol. The predicted octanol–water partition coefficient (Wildman–Crippen LogP) is 4.23. The molecule has 0 unspecified atom stereocenters. The van der Waals surface area contributed by atoms with Gasteiger partial charge in [-0.25, -0.2) is 0 Å². The molecule has 0 amide bonds. The standard InChI is InChI=1S/C17H20O2/c1-17(2,19-3)11-10-16(18)15-9-8-13-6-4-5-7-14(13)12-15/h4-9,12H,10-11H2,1-3H3. The first kappa shape index (κ1) is 13.8. The van der Waals surface area contributed by atoms with E-state index in [1.807, 2.05) is 50.2 Å². The average Bonchev–Trinajstić information content (AvgIpc) is 2.44. The molecule has 0 heterocycles. The molecule has 2 heteroatoms. The normalized spacial score (nSPS) is 11.7. The Morgan fingerprint density at radius 2 is 1.79 bits per heavy atom. The Kier molecular flexibility index (Phi) is 4.01. The summed E-state index contributed by atoms with van der Waals surface area (Å²) in [6, 6.07) is 14.0. The van der Waals surface area contributed by atoms with Gasteiger partial charge in [-0.15, -0.1) is 0 Å². The lowest BCUT2D eigenvalue weighted by atomic mass is 9.96. The highest BCUT2D eigenvalue weighted by Gasteiger charge is 2.18. The molecule has 0 N–H and O–H groups in total. The molecule has 0 atom stereocenters. The minimum atomic E-state index is -0.244. The van der Waals surface area contributed by atoms with Gasteiger partial charge >= 0.3 is 0 Å². The second kappa shape index (κ2) is 5.54. The molecule has 2 nitrogen and oxygen atoms in total. The third-order valence-electron chi connectivity index (χ3n) is 3.58. The van der Waals surface area contributed by atoms with Crippen LogP contribution in [-0.4, -0.2) is 18.5 Å². The van der Waals surface area contributed by atoms with Crippen LogP contribution in [0.5, 0.6) is 0 Å². The van der Waals surface area contributed by atoms with Crippen LogP contribution in [-0.2, 0) is 4.74 Å². The molecule has 19 heavy (non-hydrogen) atoms. The largest absolute Gasteiger partial charge is 0.379 e. The van der Waals surface area contributed by atoms with Crippen molar-refractivity contribution in [3.63, 3.8) is 0 Å². The molecular formula is C17H20O2. The first-order valence-electron chi connectivity index (χ1n) is 6.59. The van der Waals surface area contributed by atoms with Gasteiger partial charge in [0.05, 0.1) is 5.60 Å². The quantitative estimate of drug-likeness (QED) is 0.748. The van der Waals surface area contributed by atoms with E-state index in [4.69, 9.17) is 4.74 Å². The van der Waals surface area contributed by atoms with E-state index in [1.165, 1.54) is 0 Å². The molecule has 0 radical (unpaired) electrons. The van der Waals surface area contributed by atoms with Crippen molar-refractivity contribution in [2.24, 2.45) is 0 Å². The van der Waals surface area contributed by atoms with Crippen LogP contribution in [0.1, 0.15) is 37.0 Å². The van der Waals surface area contributed by atoms with Crippen LogP contribution in [0, 0.1) is 0 Å². The summed E-state index contributed by atoms with van der Waals surface area (Å²) in [5.74, 6) is 0.177. The number of benzene rings is 2. The lowest BCUT2D eigenvalue weighted by Crippen LogP contribution is -2.23.